The maximum absolute atomic E-state index is 8.85. The van der Waals surface area contributed by atoms with Crippen LogP contribution in [0.1, 0.15) is 12.8 Å². The summed E-state index contributed by atoms with van der Waals surface area (Å²) >= 11 is 0. The van der Waals surface area contributed by atoms with Crippen LogP contribution in [-0.4, -0.2) is 69.7 Å². The Bertz CT molecular complexity index is 147. The van der Waals surface area contributed by atoms with E-state index in [0.717, 1.165) is 45.7 Å². The predicted molar refractivity (Wildman–Crippen MR) is 64.5 cm³/mol. The van der Waals surface area contributed by atoms with Crippen LogP contribution in [0.25, 0.3) is 0 Å². The Morgan fingerprint density at radius 3 is 2.38 bits per heavy atom. The number of aliphatic hydroxyl groups is 1. The molecule has 1 atom stereocenters. The molecule has 5 heteroatoms. The number of nitrogens with zero attached hydrogens (tertiary/aromatic N) is 1. The molecule has 1 unspecified atom stereocenters. The Balaban J connectivity index is 3.70. The van der Waals surface area contributed by atoms with E-state index >= 15 is 0 Å². The highest BCUT2D eigenvalue weighted by Gasteiger charge is 2.07. The Labute approximate surface area is 98.5 Å². The fourth-order valence-corrected chi connectivity index (χ4v) is 1.43. The number of hydrogen-bond acceptors (Lipinski definition) is 5. The third-order valence-corrected chi connectivity index (χ3v) is 2.49. The van der Waals surface area contributed by atoms with Gasteiger partial charge in [0.25, 0.3) is 0 Å². The number of aliphatic hydroxyl groups excluding tert-OH is 1. The highest BCUT2D eigenvalue weighted by atomic mass is 16.5. The number of hydrogen-bond donors (Lipinski definition) is 2. The van der Waals surface area contributed by atoms with Crippen LogP contribution < -0.4 is 5.73 Å². The van der Waals surface area contributed by atoms with E-state index in [2.05, 4.69) is 4.90 Å². The molecule has 0 aliphatic heterocycles. The first-order valence-electron chi connectivity index (χ1n) is 5.81. The van der Waals surface area contributed by atoms with Crippen LogP contribution in [-0.2, 0) is 9.47 Å². The minimum Gasteiger partial charge on any atom is -0.395 e. The van der Waals surface area contributed by atoms with Gasteiger partial charge in [0.15, 0.2) is 0 Å². The van der Waals surface area contributed by atoms with Gasteiger partial charge in [0.2, 0.25) is 0 Å². The SMILES string of the molecule is COCCCN(CCOC)CCC(N)CO. The first-order chi connectivity index (χ1) is 7.74. The lowest BCUT2D eigenvalue weighted by Gasteiger charge is -2.23. The van der Waals surface area contributed by atoms with Crippen molar-refractivity contribution in [3.63, 3.8) is 0 Å². The second-order valence-electron chi connectivity index (χ2n) is 3.91. The van der Waals surface area contributed by atoms with E-state index in [1.54, 1.807) is 14.2 Å². The summed E-state index contributed by atoms with van der Waals surface area (Å²) in [7, 11) is 3.41. The lowest BCUT2D eigenvalue weighted by atomic mass is 10.2. The Morgan fingerprint density at radius 1 is 1.12 bits per heavy atom. The minimum absolute atomic E-state index is 0.0518. The molecule has 0 fully saturated rings. The van der Waals surface area contributed by atoms with Gasteiger partial charge in [-0.05, 0) is 19.4 Å². The molecule has 3 N–H and O–H groups in total. The van der Waals surface area contributed by atoms with E-state index < -0.39 is 0 Å². The van der Waals surface area contributed by atoms with Crippen molar-refractivity contribution in [2.45, 2.75) is 18.9 Å². The average molecular weight is 234 g/mol. The van der Waals surface area contributed by atoms with Crippen molar-refractivity contribution < 1.29 is 14.6 Å². The van der Waals surface area contributed by atoms with Crippen LogP contribution in [0.2, 0.25) is 0 Å². The topological polar surface area (TPSA) is 68.0 Å². The largest absolute Gasteiger partial charge is 0.395 e. The molecule has 0 spiro atoms. The molecule has 0 aliphatic carbocycles. The minimum atomic E-state index is -0.118. The number of rotatable bonds is 11. The predicted octanol–water partition coefficient (Wildman–Crippen LogP) is -0.319. The van der Waals surface area contributed by atoms with E-state index in [-0.39, 0.29) is 12.6 Å². The van der Waals surface area contributed by atoms with E-state index in [9.17, 15) is 0 Å². The second-order valence-corrected chi connectivity index (χ2v) is 3.91. The molecule has 0 saturated heterocycles. The van der Waals surface area contributed by atoms with Crippen molar-refractivity contribution in [2.24, 2.45) is 5.73 Å². The maximum atomic E-state index is 8.85. The van der Waals surface area contributed by atoms with Gasteiger partial charge in [0.05, 0.1) is 13.2 Å². The van der Waals surface area contributed by atoms with Gasteiger partial charge in [0.1, 0.15) is 0 Å². The molecule has 0 aromatic rings. The number of nitrogens with two attached hydrogens (primary N) is 1. The average Bonchev–Trinajstić information content (AvgIpc) is 2.31. The summed E-state index contributed by atoms with van der Waals surface area (Å²) in [5.74, 6) is 0. The summed E-state index contributed by atoms with van der Waals surface area (Å²) < 4.78 is 10.1. The molecule has 0 aromatic heterocycles. The fraction of sp³-hybridized carbons (Fsp3) is 1.00. The highest BCUT2D eigenvalue weighted by Crippen LogP contribution is 1.97. The maximum Gasteiger partial charge on any atom is 0.0589 e. The first-order valence-corrected chi connectivity index (χ1v) is 5.81. The van der Waals surface area contributed by atoms with Gasteiger partial charge < -0.3 is 25.2 Å². The third-order valence-electron chi connectivity index (χ3n) is 2.49. The summed E-state index contributed by atoms with van der Waals surface area (Å²) in [6, 6.07) is -0.118. The lowest BCUT2D eigenvalue weighted by molar-refractivity contribution is 0.128. The van der Waals surface area contributed by atoms with Gasteiger partial charge in [-0.15, -0.1) is 0 Å². The smallest absolute Gasteiger partial charge is 0.0589 e. The lowest BCUT2D eigenvalue weighted by Crippen LogP contribution is -2.35. The van der Waals surface area contributed by atoms with E-state index in [4.69, 9.17) is 20.3 Å². The second kappa shape index (κ2) is 11.3. The normalized spacial score (nSPS) is 13.3. The van der Waals surface area contributed by atoms with Gasteiger partial charge >= 0.3 is 0 Å². The van der Waals surface area contributed by atoms with Gasteiger partial charge in [0, 0.05) is 40.0 Å². The van der Waals surface area contributed by atoms with Crippen molar-refractivity contribution >= 4 is 0 Å². The molecule has 0 bridgehead atoms. The summed E-state index contributed by atoms with van der Waals surface area (Å²) in [5, 5.41) is 8.85. The van der Waals surface area contributed by atoms with E-state index in [1.165, 1.54) is 0 Å². The van der Waals surface area contributed by atoms with Crippen molar-refractivity contribution in [1.82, 2.24) is 4.90 Å². The monoisotopic (exact) mass is 234 g/mol. The van der Waals surface area contributed by atoms with Gasteiger partial charge in [-0.25, -0.2) is 0 Å². The molecule has 0 radical (unpaired) electrons. The van der Waals surface area contributed by atoms with Gasteiger partial charge in [-0.3, -0.25) is 0 Å². The summed E-state index contributed by atoms with van der Waals surface area (Å²) in [6.45, 7) is 4.33. The molecule has 0 saturated carbocycles. The molecule has 0 heterocycles. The van der Waals surface area contributed by atoms with Crippen LogP contribution in [0, 0.1) is 0 Å². The Morgan fingerprint density at radius 2 is 1.81 bits per heavy atom. The Kier molecular flexibility index (Phi) is 11.1. The summed E-state index contributed by atoms with van der Waals surface area (Å²) in [4.78, 5) is 2.29. The number of methoxy groups -OCH3 is 2. The summed E-state index contributed by atoms with van der Waals surface area (Å²) in [6.07, 6.45) is 1.82. The molecule has 0 rings (SSSR count). The molecular formula is C11H26N2O3. The third kappa shape index (κ3) is 9.06. The molecular weight excluding hydrogens is 208 g/mol. The first kappa shape index (κ1) is 15.8. The van der Waals surface area contributed by atoms with Crippen molar-refractivity contribution in [2.75, 3.05) is 53.7 Å². The summed E-state index contributed by atoms with van der Waals surface area (Å²) in [5.41, 5.74) is 5.67. The van der Waals surface area contributed by atoms with Crippen molar-refractivity contribution in [3.05, 3.63) is 0 Å². The standard InChI is InChI=1S/C11H26N2O3/c1-15-8-3-5-13(7-9-16-2)6-4-11(12)10-14/h11,14H,3-10,12H2,1-2H3. The van der Waals surface area contributed by atoms with Crippen LogP contribution in [0.3, 0.4) is 0 Å². The van der Waals surface area contributed by atoms with Gasteiger partial charge in [-0.1, -0.05) is 0 Å². The molecule has 5 nitrogen and oxygen atoms in total. The molecule has 0 amide bonds. The molecule has 0 aliphatic rings. The van der Waals surface area contributed by atoms with Crippen molar-refractivity contribution in [1.29, 1.82) is 0 Å². The zero-order valence-electron chi connectivity index (χ0n) is 10.5. The van der Waals surface area contributed by atoms with Crippen molar-refractivity contribution in [3.8, 4) is 0 Å². The van der Waals surface area contributed by atoms with Crippen LogP contribution in [0.4, 0.5) is 0 Å². The zero-order valence-corrected chi connectivity index (χ0v) is 10.5. The quantitative estimate of drug-likeness (QED) is 0.480. The Hall–Kier alpha value is -0.200. The zero-order chi connectivity index (χ0) is 12.2. The van der Waals surface area contributed by atoms with E-state index in [0.29, 0.717) is 0 Å². The van der Waals surface area contributed by atoms with Crippen LogP contribution in [0.15, 0.2) is 0 Å². The fourth-order valence-electron chi connectivity index (χ4n) is 1.43. The molecule has 16 heavy (non-hydrogen) atoms. The van der Waals surface area contributed by atoms with E-state index in [1.807, 2.05) is 0 Å². The number of ether oxygens (including phenoxy) is 2. The van der Waals surface area contributed by atoms with Crippen LogP contribution >= 0.6 is 0 Å². The van der Waals surface area contributed by atoms with Crippen LogP contribution in [0.5, 0.6) is 0 Å². The molecule has 0 aromatic carbocycles. The molecule has 98 valence electrons. The highest BCUT2D eigenvalue weighted by molar-refractivity contribution is 4.64. The van der Waals surface area contributed by atoms with Gasteiger partial charge in [-0.2, -0.15) is 0 Å².